The van der Waals surface area contributed by atoms with Crippen LogP contribution in [0.1, 0.15) is 20.7 Å². The topological polar surface area (TPSA) is 94.8 Å². The molecular weight excluding hydrogens is 203 g/mol. The molecule has 0 aliphatic rings. The maximum absolute atomic E-state index is 10.4. The Kier molecular flexibility index (Phi) is 4.15. The quantitative estimate of drug-likeness (QED) is 0.613. The van der Waals surface area contributed by atoms with Crippen molar-refractivity contribution >= 4 is 29.3 Å². The molecule has 0 aliphatic heterocycles. The van der Waals surface area contributed by atoms with E-state index < -0.39 is 17.7 Å². The number of hydrogen-bond acceptors (Lipinski definition) is 3. The molecule has 5 nitrogen and oxygen atoms in total. The molecule has 1 aromatic rings. The number of hydrogen-bond donors (Lipinski definition) is 3. The first-order valence-corrected chi connectivity index (χ1v) is 3.32. The third-order valence-electron chi connectivity index (χ3n) is 1.48. The first-order chi connectivity index (χ1) is 6.02. The molecular formula is C8H6AlO5. The Labute approximate surface area is 89.7 Å². The molecule has 0 aromatic heterocycles. The van der Waals surface area contributed by atoms with Crippen LogP contribution in [0.4, 0.5) is 0 Å². The van der Waals surface area contributed by atoms with Crippen LogP contribution in [-0.4, -0.2) is 44.6 Å². The van der Waals surface area contributed by atoms with Crippen molar-refractivity contribution in [2.75, 3.05) is 0 Å². The number of aromatic carboxylic acids is 2. The molecule has 3 radical (unpaired) electrons. The van der Waals surface area contributed by atoms with E-state index in [2.05, 4.69) is 0 Å². The first-order valence-electron chi connectivity index (χ1n) is 3.32. The Morgan fingerprint density at radius 3 is 2.00 bits per heavy atom. The van der Waals surface area contributed by atoms with Crippen LogP contribution in [0.25, 0.3) is 0 Å². The summed E-state index contributed by atoms with van der Waals surface area (Å²) >= 11 is 0. The molecule has 0 fully saturated rings. The van der Waals surface area contributed by atoms with Crippen LogP contribution in [0.15, 0.2) is 18.2 Å². The van der Waals surface area contributed by atoms with Gasteiger partial charge in [-0.2, -0.15) is 0 Å². The van der Waals surface area contributed by atoms with Gasteiger partial charge in [-0.15, -0.1) is 0 Å². The average molecular weight is 209 g/mol. The predicted octanol–water partition coefficient (Wildman–Crippen LogP) is 0.408. The van der Waals surface area contributed by atoms with E-state index in [0.717, 1.165) is 18.2 Å². The predicted molar refractivity (Wildman–Crippen MR) is 47.8 cm³/mol. The van der Waals surface area contributed by atoms with Crippen molar-refractivity contribution < 1.29 is 24.9 Å². The second-order valence-corrected chi connectivity index (χ2v) is 2.34. The van der Waals surface area contributed by atoms with E-state index in [1.807, 2.05) is 0 Å². The van der Waals surface area contributed by atoms with Gasteiger partial charge >= 0.3 is 11.9 Å². The Morgan fingerprint density at radius 2 is 1.64 bits per heavy atom. The fraction of sp³-hybridized carbons (Fsp3) is 0. The molecule has 0 saturated heterocycles. The molecule has 1 aromatic carbocycles. The smallest absolute Gasteiger partial charge is 0.339 e. The monoisotopic (exact) mass is 209 g/mol. The lowest BCUT2D eigenvalue weighted by Crippen LogP contribution is -2.00. The average Bonchev–Trinajstić information content (AvgIpc) is 2.03. The summed E-state index contributed by atoms with van der Waals surface area (Å²) in [6, 6.07) is 3.05. The van der Waals surface area contributed by atoms with Crippen molar-refractivity contribution in [3.8, 4) is 5.75 Å². The molecule has 71 valence electrons. The largest absolute Gasteiger partial charge is 0.507 e. The Hall–Kier alpha value is -1.51. The summed E-state index contributed by atoms with van der Waals surface area (Å²) in [5.74, 6) is -3.06. The van der Waals surface area contributed by atoms with Gasteiger partial charge in [-0.05, 0) is 18.2 Å². The number of carboxylic acids is 2. The number of carbonyl (C=O) groups is 2. The molecule has 14 heavy (non-hydrogen) atoms. The van der Waals surface area contributed by atoms with Crippen LogP contribution in [0.2, 0.25) is 0 Å². The zero-order chi connectivity index (χ0) is 10.0. The zero-order valence-electron chi connectivity index (χ0n) is 6.97. The minimum atomic E-state index is -1.30. The highest BCUT2D eigenvalue weighted by Gasteiger charge is 2.11. The van der Waals surface area contributed by atoms with Crippen molar-refractivity contribution in [3.63, 3.8) is 0 Å². The van der Waals surface area contributed by atoms with Gasteiger partial charge in [0.15, 0.2) is 0 Å². The SMILES string of the molecule is O=C(O)c1ccc(C(=O)O)c(O)c1.[Al]. The molecule has 0 unspecified atom stereocenters. The van der Waals surface area contributed by atoms with Gasteiger partial charge in [-0.3, -0.25) is 0 Å². The van der Waals surface area contributed by atoms with Crippen molar-refractivity contribution in [2.24, 2.45) is 0 Å². The molecule has 0 spiro atoms. The highest BCUT2D eigenvalue weighted by atomic mass is 27.0. The third-order valence-corrected chi connectivity index (χ3v) is 1.48. The van der Waals surface area contributed by atoms with Gasteiger partial charge in [0.1, 0.15) is 11.3 Å². The molecule has 0 saturated carbocycles. The van der Waals surface area contributed by atoms with Crippen LogP contribution >= 0.6 is 0 Å². The summed E-state index contributed by atoms with van der Waals surface area (Å²) in [7, 11) is 0. The van der Waals surface area contributed by atoms with Gasteiger partial charge < -0.3 is 15.3 Å². The van der Waals surface area contributed by atoms with Gasteiger partial charge in [0.05, 0.1) is 5.56 Å². The molecule has 0 bridgehead atoms. The third kappa shape index (κ3) is 2.49. The summed E-state index contributed by atoms with van der Waals surface area (Å²) in [6.07, 6.45) is 0. The summed E-state index contributed by atoms with van der Waals surface area (Å²) < 4.78 is 0. The van der Waals surface area contributed by atoms with Crippen molar-refractivity contribution in [3.05, 3.63) is 29.3 Å². The van der Waals surface area contributed by atoms with Crippen LogP contribution in [-0.2, 0) is 0 Å². The first kappa shape index (κ1) is 12.5. The van der Waals surface area contributed by atoms with Crippen LogP contribution in [0.5, 0.6) is 5.75 Å². The number of rotatable bonds is 2. The normalized spacial score (nSPS) is 8.86. The minimum Gasteiger partial charge on any atom is -0.507 e. The number of aromatic hydroxyl groups is 1. The summed E-state index contributed by atoms with van der Waals surface area (Å²) in [5.41, 5.74) is -0.465. The standard InChI is InChI=1S/C8H6O5.Al/c9-6-3-4(7(10)11)1-2-5(6)8(12)13;/h1-3,9H,(H,10,11)(H,12,13);. The summed E-state index contributed by atoms with van der Waals surface area (Å²) in [4.78, 5) is 20.8. The van der Waals surface area contributed by atoms with E-state index in [1.54, 1.807) is 0 Å². The van der Waals surface area contributed by atoms with Crippen molar-refractivity contribution in [2.45, 2.75) is 0 Å². The fourth-order valence-electron chi connectivity index (χ4n) is 0.846. The Bertz CT molecular complexity index is 374. The van der Waals surface area contributed by atoms with Gasteiger partial charge in [-0.25, -0.2) is 9.59 Å². The molecule has 0 aliphatic carbocycles. The highest BCUT2D eigenvalue weighted by Crippen LogP contribution is 2.18. The molecule has 0 amide bonds. The van der Waals surface area contributed by atoms with Crippen molar-refractivity contribution in [1.29, 1.82) is 0 Å². The second-order valence-electron chi connectivity index (χ2n) is 2.34. The van der Waals surface area contributed by atoms with Gasteiger partial charge in [0.25, 0.3) is 0 Å². The van der Waals surface area contributed by atoms with Crippen LogP contribution < -0.4 is 0 Å². The van der Waals surface area contributed by atoms with Gasteiger partial charge in [-0.1, -0.05) is 0 Å². The molecule has 1 rings (SSSR count). The van der Waals surface area contributed by atoms with Crippen LogP contribution in [0, 0.1) is 0 Å². The maximum Gasteiger partial charge on any atom is 0.339 e. The maximum atomic E-state index is 10.4. The Balaban J connectivity index is 0.00000169. The van der Waals surface area contributed by atoms with Gasteiger partial charge in [0, 0.05) is 17.4 Å². The van der Waals surface area contributed by atoms with E-state index in [-0.39, 0.29) is 28.5 Å². The van der Waals surface area contributed by atoms with E-state index in [0.29, 0.717) is 0 Å². The second kappa shape index (κ2) is 4.65. The van der Waals surface area contributed by atoms with Crippen molar-refractivity contribution in [1.82, 2.24) is 0 Å². The lowest BCUT2D eigenvalue weighted by atomic mass is 10.1. The van der Waals surface area contributed by atoms with E-state index in [9.17, 15) is 9.59 Å². The highest BCUT2D eigenvalue weighted by molar-refractivity contribution is 5.94. The molecule has 0 heterocycles. The molecule has 3 N–H and O–H groups in total. The van der Waals surface area contributed by atoms with E-state index in [4.69, 9.17) is 15.3 Å². The van der Waals surface area contributed by atoms with E-state index >= 15 is 0 Å². The lowest BCUT2D eigenvalue weighted by molar-refractivity contribution is 0.0678. The van der Waals surface area contributed by atoms with Gasteiger partial charge in [0.2, 0.25) is 0 Å². The lowest BCUT2D eigenvalue weighted by Gasteiger charge is -1.99. The molecule has 6 heteroatoms. The Morgan fingerprint density at radius 1 is 1.07 bits per heavy atom. The van der Waals surface area contributed by atoms with Crippen LogP contribution in [0.3, 0.4) is 0 Å². The minimum absolute atomic E-state index is 0. The number of benzene rings is 1. The zero-order valence-corrected chi connectivity index (χ0v) is 8.12. The summed E-state index contributed by atoms with van der Waals surface area (Å²) in [5, 5.41) is 26.0. The summed E-state index contributed by atoms with van der Waals surface area (Å²) in [6.45, 7) is 0. The number of carboxylic acid groups (broad SMARTS) is 2. The number of phenols is 1. The fourth-order valence-corrected chi connectivity index (χ4v) is 0.846. The molecule has 0 atom stereocenters. The van der Waals surface area contributed by atoms with E-state index in [1.165, 1.54) is 0 Å².